The molecule has 2 aromatic carbocycles. The summed E-state index contributed by atoms with van der Waals surface area (Å²) in [5.74, 6) is -1.82. The van der Waals surface area contributed by atoms with Crippen LogP contribution in [0.5, 0.6) is 0 Å². The Labute approximate surface area is 155 Å². The van der Waals surface area contributed by atoms with Gasteiger partial charge in [0.2, 0.25) is 5.91 Å². The van der Waals surface area contributed by atoms with Gasteiger partial charge in [0.25, 0.3) is 0 Å². The summed E-state index contributed by atoms with van der Waals surface area (Å²) in [6.07, 6.45) is 0.264. The Morgan fingerprint density at radius 2 is 1.85 bits per heavy atom. The van der Waals surface area contributed by atoms with Crippen molar-refractivity contribution in [2.75, 3.05) is 11.5 Å². The zero-order valence-corrected chi connectivity index (χ0v) is 15.4. The molecule has 1 aliphatic rings. The highest BCUT2D eigenvalue weighted by atomic mass is 32.2. The summed E-state index contributed by atoms with van der Waals surface area (Å²) >= 11 is 0. The smallest absolute Gasteiger partial charge is 0.305 e. The third-order valence-electron chi connectivity index (χ3n) is 4.94. The molecule has 0 saturated carbocycles. The number of fused-ring (bicyclic) bond motifs is 3. The van der Waals surface area contributed by atoms with E-state index in [0.29, 0.717) is 11.1 Å². The maximum Gasteiger partial charge on any atom is 0.305 e. The summed E-state index contributed by atoms with van der Waals surface area (Å²) in [7, 11) is -3.17. The van der Waals surface area contributed by atoms with Gasteiger partial charge in [-0.15, -0.1) is 0 Å². The van der Waals surface area contributed by atoms with Gasteiger partial charge in [-0.25, -0.2) is 8.42 Å². The van der Waals surface area contributed by atoms with Gasteiger partial charge in [-0.2, -0.15) is 0 Å². The van der Waals surface area contributed by atoms with Gasteiger partial charge in [0.15, 0.2) is 15.6 Å². The summed E-state index contributed by atoms with van der Waals surface area (Å²) in [5, 5.41) is 2.73. The van der Waals surface area contributed by atoms with Gasteiger partial charge in [0.1, 0.15) is 5.58 Å². The molecular weight excluding hydrogens is 368 g/mol. The molecule has 2 amide bonds. The van der Waals surface area contributed by atoms with Crippen LogP contribution in [0.1, 0.15) is 22.5 Å². The molecule has 1 saturated heterocycles. The number of benzene rings is 2. The lowest BCUT2D eigenvalue weighted by Crippen LogP contribution is -2.44. The summed E-state index contributed by atoms with van der Waals surface area (Å²) < 4.78 is 28.8. The molecule has 3 aromatic rings. The van der Waals surface area contributed by atoms with Crippen LogP contribution in [0.4, 0.5) is 0 Å². The number of sulfone groups is 1. The number of hydrazine groups is 1. The van der Waals surface area contributed by atoms with Crippen molar-refractivity contribution < 1.29 is 22.4 Å². The average molecular weight is 386 g/mol. The third-order valence-corrected chi connectivity index (χ3v) is 6.70. The SMILES string of the molecule is Cc1c(C(=O)NNC(=O)[C@H]2CCS(=O)(=O)C2)oc2c1ccc1ccccc12. The van der Waals surface area contributed by atoms with Crippen LogP contribution < -0.4 is 10.9 Å². The van der Waals surface area contributed by atoms with Crippen LogP contribution in [-0.2, 0) is 14.6 Å². The Morgan fingerprint density at radius 3 is 2.59 bits per heavy atom. The fourth-order valence-corrected chi connectivity index (χ4v) is 5.19. The van der Waals surface area contributed by atoms with Gasteiger partial charge in [0.05, 0.1) is 17.4 Å². The van der Waals surface area contributed by atoms with E-state index in [4.69, 9.17) is 4.42 Å². The van der Waals surface area contributed by atoms with Crippen LogP contribution in [0.3, 0.4) is 0 Å². The van der Waals surface area contributed by atoms with Crippen LogP contribution in [0.25, 0.3) is 21.7 Å². The molecule has 4 rings (SSSR count). The van der Waals surface area contributed by atoms with Crippen molar-refractivity contribution >= 4 is 43.4 Å². The van der Waals surface area contributed by atoms with Crippen LogP contribution in [0.15, 0.2) is 40.8 Å². The topological polar surface area (TPSA) is 105 Å². The van der Waals surface area contributed by atoms with E-state index in [1.807, 2.05) is 36.4 Å². The number of furan rings is 1. The Hall–Kier alpha value is -2.87. The van der Waals surface area contributed by atoms with Crippen molar-refractivity contribution in [1.82, 2.24) is 10.9 Å². The minimum atomic E-state index is -3.17. The Bertz CT molecular complexity index is 1180. The number of carbonyl (C=O) groups excluding carboxylic acids is 2. The van der Waals surface area contributed by atoms with Crippen molar-refractivity contribution in [1.29, 1.82) is 0 Å². The molecule has 27 heavy (non-hydrogen) atoms. The minimum absolute atomic E-state index is 0.00517. The van der Waals surface area contributed by atoms with E-state index in [1.165, 1.54) is 0 Å². The lowest BCUT2D eigenvalue weighted by atomic mass is 10.1. The number of amides is 2. The number of aryl methyl sites for hydroxylation is 1. The second-order valence-electron chi connectivity index (χ2n) is 6.76. The molecule has 1 fully saturated rings. The number of hydrogen-bond donors (Lipinski definition) is 2. The van der Waals surface area contributed by atoms with E-state index in [2.05, 4.69) is 10.9 Å². The summed E-state index contributed by atoms with van der Waals surface area (Å²) in [6, 6.07) is 11.6. The predicted octanol–water partition coefficient (Wildman–Crippen LogP) is 2.09. The van der Waals surface area contributed by atoms with Crippen molar-refractivity contribution in [3.05, 3.63) is 47.7 Å². The normalized spacial score (nSPS) is 18.6. The van der Waals surface area contributed by atoms with E-state index in [-0.39, 0.29) is 23.7 Å². The maximum atomic E-state index is 12.5. The number of carbonyl (C=O) groups is 2. The predicted molar refractivity (Wildman–Crippen MR) is 101 cm³/mol. The Balaban J connectivity index is 1.55. The van der Waals surface area contributed by atoms with Gasteiger partial charge < -0.3 is 4.42 Å². The Morgan fingerprint density at radius 1 is 1.07 bits per heavy atom. The largest absolute Gasteiger partial charge is 0.450 e. The second kappa shape index (κ2) is 6.38. The zero-order chi connectivity index (χ0) is 19.2. The van der Waals surface area contributed by atoms with Crippen LogP contribution >= 0.6 is 0 Å². The van der Waals surface area contributed by atoms with Gasteiger partial charge >= 0.3 is 5.91 Å². The molecular formula is C19H18N2O5S. The molecule has 0 spiro atoms. The van der Waals surface area contributed by atoms with Crippen molar-refractivity contribution in [3.8, 4) is 0 Å². The highest BCUT2D eigenvalue weighted by molar-refractivity contribution is 7.91. The molecule has 0 radical (unpaired) electrons. The second-order valence-corrected chi connectivity index (χ2v) is 8.99. The molecule has 140 valence electrons. The first-order chi connectivity index (χ1) is 12.9. The molecule has 0 bridgehead atoms. The quantitative estimate of drug-likeness (QED) is 0.656. The van der Waals surface area contributed by atoms with Crippen LogP contribution in [-0.4, -0.2) is 31.7 Å². The lowest BCUT2D eigenvalue weighted by molar-refractivity contribution is -0.125. The van der Waals surface area contributed by atoms with E-state index in [0.717, 1.165) is 16.2 Å². The molecule has 1 aliphatic heterocycles. The van der Waals surface area contributed by atoms with Gasteiger partial charge in [0, 0.05) is 16.3 Å². The third kappa shape index (κ3) is 3.16. The fraction of sp³-hybridized carbons (Fsp3) is 0.263. The van der Waals surface area contributed by atoms with Gasteiger partial charge in [-0.05, 0) is 18.7 Å². The molecule has 1 aromatic heterocycles. The van der Waals surface area contributed by atoms with E-state index in [9.17, 15) is 18.0 Å². The summed E-state index contributed by atoms with van der Waals surface area (Å²) in [4.78, 5) is 24.6. The first-order valence-corrected chi connectivity index (χ1v) is 10.4. The minimum Gasteiger partial charge on any atom is -0.450 e. The summed E-state index contributed by atoms with van der Waals surface area (Å²) in [5.41, 5.74) is 5.92. The molecule has 2 heterocycles. The van der Waals surface area contributed by atoms with Crippen molar-refractivity contribution in [2.24, 2.45) is 5.92 Å². The highest BCUT2D eigenvalue weighted by Crippen LogP contribution is 2.31. The molecule has 0 unspecified atom stereocenters. The van der Waals surface area contributed by atoms with Crippen LogP contribution in [0.2, 0.25) is 0 Å². The highest BCUT2D eigenvalue weighted by Gasteiger charge is 2.33. The molecule has 8 heteroatoms. The van der Waals surface area contributed by atoms with E-state index >= 15 is 0 Å². The molecule has 0 aliphatic carbocycles. The van der Waals surface area contributed by atoms with E-state index < -0.39 is 27.6 Å². The monoisotopic (exact) mass is 386 g/mol. The molecule has 2 N–H and O–H groups in total. The van der Waals surface area contributed by atoms with Gasteiger partial charge in [-0.1, -0.05) is 36.4 Å². The Kier molecular flexibility index (Phi) is 4.15. The average Bonchev–Trinajstić information content (AvgIpc) is 3.19. The maximum absolute atomic E-state index is 12.5. The number of rotatable bonds is 2. The lowest BCUT2D eigenvalue weighted by Gasteiger charge is -2.09. The first kappa shape index (κ1) is 17.5. The van der Waals surface area contributed by atoms with Crippen molar-refractivity contribution in [3.63, 3.8) is 0 Å². The first-order valence-electron chi connectivity index (χ1n) is 8.57. The number of hydrogen-bond acceptors (Lipinski definition) is 5. The van der Waals surface area contributed by atoms with E-state index in [1.54, 1.807) is 6.92 Å². The van der Waals surface area contributed by atoms with Gasteiger partial charge in [-0.3, -0.25) is 20.4 Å². The summed E-state index contributed by atoms with van der Waals surface area (Å²) in [6.45, 7) is 1.78. The van der Waals surface area contributed by atoms with Crippen molar-refractivity contribution in [2.45, 2.75) is 13.3 Å². The molecule has 1 atom stereocenters. The fourth-order valence-electron chi connectivity index (χ4n) is 3.44. The van der Waals surface area contributed by atoms with Crippen LogP contribution in [0, 0.1) is 12.8 Å². The molecule has 7 nitrogen and oxygen atoms in total. The zero-order valence-electron chi connectivity index (χ0n) is 14.6. The standard InChI is InChI=1S/C19H18N2O5S/c1-11-14-7-6-12-4-2-3-5-15(12)17(14)26-16(11)19(23)21-20-18(22)13-8-9-27(24,25)10-13/h2-7,13H,8-10H2,1H3,(H,20,22)(H,21,23)/t13-/m0/s1. The number of nitrogens with one attached hydrogen (secondary N) is 2.